The van der Waals surface area contributed by atoms with E-state index in [9.17, 15) is 0 Å². The van der Waals surface area contributed by atoms with Gasteiger partial charge < -0.3 is 0 Å². The van der Waals surface area contributed by atoms with Gasteiger partial charge in [0, 0.05) is 0 Å². The van der Waals surface area contributed by atoms with Crippen molar-refractivity contribution in [2.75, 3.05) is 0 Å². The quantitative estimate of drug-likeness (QED) is 0.425. The SMILES string of the molecule is C=C(CCCC)C[CH2][Al]([Cl])[CH2]C. The monoisotopic (exact) mass is 202 g/mol. The summed E-state index contributed by atoms with van der Waals surface area (Å²) in [5.41, 5.74) is 1.41. The van der Waals surface area contributed by atoms with E-state index in [-0.39, 0.29) is 0 Å². The molecule has 0 aromatic carbocycles. The lowest BCUT2D eigenvalue weighted by Crippen LogP contribution is -2.00. The van der Waals surface area contributed by atoms with Gasteiger partial charge >= 0.3 is 13.2 Å². The Morgan fingerprint density at radius 2 is 2.00 bits per heavy atom. The molecule has 0 amide bonds. The van der Waals surface area contributed by atoms with Crippen LogP contribution >= 0.6 is 10.0 Å². The van der Waals surface area contributed by atoms with Gasteiger partial charge in [-0.1, -0.05) is 43.0 Å². The van der Waals surface area contributed by atoms with Crippen LogP contribution in [0.1, 0.15) is 39.5 Å². The molecule has 0 fully saturated rings. The minimum absolute atomic E-state index is 0.860. The van der Waals surface area contributed by atoms with Gasteiger partial charge in [0.1, 0.15) is 0 Å². The van der Waals surface area contributed by atoms with Crippen molar-refractivity contribution in [3.63, 3.8) is 0 Å². The average Bonchev–Trinajstić information content (AvgIpc) is 2.10. The maximum absolute atomic E-state index is 6.14. The first-order valence-corrected chi connectivity index (χ1v) is 8.39. The lowest BCUT2D eigenvalue weighted by molar-refractivity contribution is 0.768. The predicted molar refractivity (Wildman–Crippen MR) is 60.2 cm³/mol. The Labute approximate surface area is 85.6 Å². The van der Waals surface area contributed by atoms with Crippen LogP contribution in [0.5, 0.6) is 0 Å². The summed E-state index contributed by atoms with van der Waals surface area (Å²) in [5.74, 6) is 0. The lowest BCUT2D eigenvalue weighted by atomic mass is 10.1. The summed E-state index contributed by atoms with van der Waals surface area (Å²) in [6.45, 7) is 8.48. The summed E-state index contributed by atoms with van der Waals surface area (Å²) in [6.07, 6.45) is 4.94. The van der Waals surface area contributed by atoms with Crippen LogP contribution < -0.4 is 0 Å². The first-order chi connectivity index (χ1) is 5.70. The molecule has 2 heteroatoms. The van der Waals surface area contributed by atoms with Crippen LogP contribution in [0.15, 0.2) is 12.2 Å². The predicted octanol–water partition coefficient (Wildman–Crippen LogP) is 4.37. The second-order valence-corrected chi connectivity index (χ2v) is 7.84. The molecule has 0 nitrogen and oxygen atoms in total. The smallest absolute Gasteiger partial charge is 0.261 e. The summed E-state index contributed by atoms with van der Waals surface area (Å²) in [5, 5.41) is 2.45. The molecule has 0 aliphatic rings. The highest BCUT2D eigenvalue weighted by atomic mass is 35.6. The topological polar surface area (TPSA) is 0 Å². The molecule has 0 aromatic rings. The molecule has 70 valence electrons. The first kappa shape index (κ1) is 12.6. The van der Waals surface area contributed by atoms with E-state index in [1.54, 1.807) is 0 Å². The first-order valence-electron chi connectivity index (χ1n) is 5.01. The molecule has 0 unspecified atom stereocenters. The zero-order valence-corrected chi connectivity index (χ0v) is 10.3. The number of hydrogen-bond donors (Lipinski definition) is 0. The van der Waals surface area contributed by atoms with Crippen molar-refractivity contribution in [1.29, 1.82) is 0 Å². The van der Waals surface area contributed by atoms with E-state index in [4.69, 9.17) is 10.0 Å². The van der Waals surface area contributed by atoms with E-state index in [1.807, 2.05) is 0 Å². The van der Waals surface area contributed by atoms with Crippen molar-refractivity contribution >= 4 is 23.3 Å². The van der Waals surface area contributed by atoms with E-state index >= 15 is 0 Å². The third-order valence-corrected chi connectivity index (χ3v) is 5.52. The van der Waals surface area contributed by atoms with Gasteiger partial charge in [-0.25, -0.2) is 0 Å². The highest BCUT2D eigenvalue weighted by molar-refractivity contribution is 7.06. The Kier molecular flexibility index (Phi) is 8.56. The molecule has 0 saturated carbocycles. The van der Waals surface area contributed by atoms with Gasteiger partial charge in [-0.2, -0.15) is 0 Å². The Balaban J connectivity index is 3.31. The van der Waals surface area contributed by atoms with Crippen molar-refractivity contribution in [3.05, 3.63) is 12.2 Å². The van der Waals surface area contributed by atoms with Crippen molar-refractivity contribution in [2.24, 2.45) is 0 Å². The molecule has 0 N–H and O–H groups in total. The van der Waals surface area contributed by atoms with Crippen molar-refractivity contribution in [2.45, 2.75) is 50.1 Å². The minimum atomic E-state index is -0.860. The fourth-order valence-corrected chi connectivity index (χ4v) is 2.57. The van der Waals surface area contributed by atoms with E-state index < -0.39 is 13.2 Å². The van der Waals surface area contributed by atoms with Crippen LogP contribution in [0.2, 0.25) is 10.6 Å². The Bertz CT molecular complexity index is 123. The lowest BCUT2D eigenvalue weighted by Gasteiger charge is -2.04. The van der Waals surface area contributed by atoms with Crippen molar-refractivity contribution in [1.82, 2.24) is 0 Å². The molecule has 12 heavy (non-hydrogen) atoms. The van der Waals surface area contributed by atoms with Crippen LogP contribution in [0.25, 0.3) is 0 Å². The third kappa shape index (κ3) is 7.22. The standard InChI is InChI=1S/C8H15.C2H5.Al.ClH/c1-4-6-7-8(3)5-2;1-2;;/h2-7H2,1H3;1H2,2H3;;1H/q;;+1;/p-1. The number of allylic oxidation sites excluding steroid dienone is 1. The van der Waals surface area contributed by atoms with Crippen LogP contribution in [0.4, 0.5) is 0 Å². The van der Waals surface area contributed by atoms with Crippen molar-refractivity contribution in [3.8, 4) is 0 Å². The molecular weight excluding hydrogens is 183 g/mol. The van der Waals surface area contributed by atoms with E-state index in [0.29, 0.717) is 0 Å². The minimum Gasteiger partial charge on any atom is -0.261 e. The van der Waals surface area contributed by atoms with Crippen LogP contribution in [-0.4, -0.2) is 13.2 Å². The van der Waals surface area contributed by atoms with Crippen LogP contribution in [0.3, 0.4) is 0 Å². The fourth-order valence-electron chi connectivity index (χ4n) is 1.12. The highest BCUT2D eigenvalue weighted by Crippen LogP contribution is 2.15. The second kappa shape index (κ2) is 8.17. The molecule has 0 aromatic heterocycles. The summed E-state index contributed by atoms with van der Waals surface area (Å²) >= 11 is -0.860. The van der Waals surface area contributed by atoms with E-state index in [1.165, 1.54) is 41.8 Å². The van der Waals surface area contributed by atoms with Gasteiger partial charge in [0.25, 0.3) is 0 Å². The van der Waals surface area contributed by atoms with Gasteiger partial charge in [0.15, 0.2) is 0 Å². The highest BCUT2D eigenvalue weighted by Gasteiger charge is 2.10. The van der Waals surface area contributed by atoms with Crippen LogP contribution in [0, 0.1) is 0 Å². The van der Waals surface area contributed by atoms with Gasteiger partial charge in [-0.05, 0) is 19.3 Å². The molecule has 0 radical (unpaired) electrons. The van der Waals surface area contributed by atoms with Crippen molar-refractivity contribution < 1.29 is 0 Å². The maximum atomic E-state index is 6.14. The molecule has 0 aliphatic carbocycles. The number of halogens is 1. The molecule has 0 saturated heterocycles. The maximum Gasteiger partial charge on any atom is 0.399 e. The zero-order valence-electron chi connectivity index (χ0n) is 8.41. The molecule has 0 spiro atoms. The third-order valence-electron chi connectivity index (χ3n) is 2.14. The molecule has 0 rings (SSSR count). The van der Waals surface area contributed by atoms with Gasteiger partial charge in [0.2, 0.25) is 0 Å². The summed E-state index contributed by atoms with van der Waals surface area (Å²) in [4.78, 5) is 0. The normalized spacial score (nSPS) is 9.92. The van der Waals surface area contributed by atoms with E-state index in [2.05, 4.69) is 20.4 Å². The van der Waals surface area contributed by atoms with Gasteiger partial charge in [-0.15, -0.1) is 0 Å². The summed E-state index contributed by atoms with van der Waals surface area (Å²) in [7, 11) is 6.14. The number of hydrogen-bond acceptors (Lipinski definition) is 0. The zero-order chi connectivity index (χ0) is 9.40. The Morgan fingerprint density at radius 1 is 1.33 bits per heavy atom. The molecule has 0 bridgehead atoms. The van der Waals surface area contributed by atoms with E-state index in [0.717, 1.165) is 0 Å². The van der Waals surface area contributed by atoms with Gasteiger partial charge in [-0.3, -0.25) is 10.0 Å². The van der Waals surface area contributed by atoms with Gasteiger partial charge in [0.05, 0.1) is 0 Å². The molecule has 0 heterocycles. The average molecular weight is 203 g/mol. The summed E-state index contributed by atoms with van der Waals surface area (Å²) < 4.78 is 0. The number of unbranched alkanes of at least 4 members (excludes halogenated alkanes) is 1. The largest absolute Gasteiger partial charge is 0.399 e. The Morgan fingerprint density at radius 3 is 2.50 bits per heavy atom. The second-order valence-electron chi connectivity index (χ2n) is 3.40. The Hall–Kier alpha value is 0.562. The van der Waals surface area contributed by atoms with Crippen LogP contribution in [-0.2, 0) is 0 Å². The fraction of sp³-hybridized carbons (Fsp3) is 0.800. The molecular formula is C10H20AlCl. The summed E-state index contributed by atoms with van der Waals surface area (Å²) in [6, 6.07) is 0. The molecule has 0 aliphatic heterocycles. The molecule has 0 atom stereocenters. The number of rotatable bonds is 7.